The zero-order valence-corrected chi connectivity index (χ0v) is 7.23. The van der Waals surface area contributed by atoms with Crippen LogP contribution in [0.4, 0.5) is 8.78 Å². The van der Waals surface area contributed by atoms with E-state index in [1.165, 1.54) is 0 Å². The molecule has 70 valence electrons. The van der Waals surface area contributed by atoms with Crippen molar-refractivity contribution in [2.24, 2.45) is 0 Å². The van der Waals surface area contributed by atoms with Gasteiger partial charge in [-0.1, -0.05) is 0 Å². The third kappa shape index (κ3) is 1.32. The Morgan fingerprint density at radius 3 is 1.77 bits per heavy atom. The summed E-state index contributed by atoms with van der Waals surface area (Å²) in [5.41, 5.74) is 1.81. The molecule has 0 bridgehead atoms. The zero-order valence-electron chi connectivity index (χ0n) is 7.23. The summed E-state index contributed by atoms with van der Waals surface area (Å²) in [6, 6.07) is 3.09. The Morgan fingerprint density at radius 1 is 1.00 bits per heavy atom. The molecule has 4 heteroatoms. The molecule has 0 fully saturated rings. The van der Waals surface area contributed by atoms with Crippen molar-refractivity contribution in [3.05, 3.63) is 23.3 Å². The van der Waals surface area contributed by atoms with Gasteiger partial charge in [-0.15, -0.1) is 8.78 Å². The first-order valence-corrected chi connectivity index (χ1v) is 3.85. The smallest absolute Gasteiger partial charge is 0.395 e. The Bertz CT molecular complexity index is 328. The summed E-state index contributed by atoms with van der Waals surface area (Å²) in [5, 5.41) is 0. The summed E-state index contributed by atoms with van der Waals surface area (Å²) >= 11 is 0. The van der Waals surface area contributed by atoms with E-state index in [0.29, 0.717) is 0 Å². The second-order valence-electron chi connectivity index (χ2n) is 3.05. The van der Waals surface area contributed by atoms with Crippen molar-refractivity contribution in [3.8, 4) is 11.5 Å². The maximum absolute atomic E-state index is 12.6. The lowest BCUT2D eigenvalue weighted by molar-refractivity contribution is -0.286. The molecule has 0 radical (unpaired) electrons. The number of hydrogen-bond acceptors (Lipinski definition) is 2. The Labute approximate surface area is 74.1 Å². The highest BCUT2D eigenvalue weighted by molar-refractivity contribution is 5.48. The van der Waals surface area contributed by atoms with Crippen molar-refractivity contribution in [3.63, 3.8) is 0 Å². The van der Waals surface area contributed by atoms with Crippen molar-refractivity contribution in [1.29, 1.82) is 0 Å². The van der Waals surface area contributed by atoms with Crippen LogP contribution in [0.2, 0.25) is 0 Å². The van der Waals surface area contributed by atoms with Crippen molar-refractivity contribution < 1.29 is 18.3 Å². The van der Waals surface area contributed by atoms with Crippen LogP contribution in [0.15, 0.2) is 12.1 Å². The molecule has 0 atom stereocenters. The molecule has 1 aromatic rings. The van der Waals surface area contributed by atoms with Gasteiger partial charge in [0.25, 0.3) is 0 Å². The average molecular weight is 186 g/mol. The van der Waals surface area contributed by atoms with Gasteiger partial charge in [-0.2, -0.15) is 0 Å². The number of fused-ring (bicyclic) bond motifs is 1. The SMILES string of the molecule is Cc1cc2c(cc1C)OC(F)(F)O2. The second kappa shape index (κ2) is 2.34. The van der Waals surface area contributed by atoms with Gasteiger partial charge in [0.2, 0.25) is 0 Å². The number of benzene rings is 1. The van der Waals surface area contributed by atoms with Crippen LogP contribution < -0.4 is 9.47 Å². The van der Waals surface area contributed by atoms with E-state index in [0.717, 1.165) is 11.1 Å². The van der Waals surface area contributed by atoms with E-state index in [1.54, 1.807) is 12.1 Å². The largest absolute Gasteiger partial charge is 0.586 e. The van der Waals surface area contributed by atoms with Crippen LogP contribution in [-0.2, 0) is 0 Å². The third-order valence-corrected chi connectivity index (χ3v) is 2.02. The van der Waals surface area contributed by atoms with E-state index in [2.05, 4.69) is 9.47 Å². The van der Waals surface area contributed by atoms with Crippen LogP contribution in [0.1, 0.15) is 11.1 Å². The number of aryl methyl sites for hydroxylation is 2. The van der Waals surface area contributed by atoms with Gasteiger partial charge in [0.05, 0.1) is 0 Å². The summed E-state index contributed by atoms with van der Waals surface area (Å²) in [6.45, 7) is 3.66. The minimum absolute atomic E-state index is 0.105. The molecule has 0 aliphatic carbocycles. The normalized spacial score (nSPS) is 17.5. The quantitative estimate of drug-likeness (QED) is 0.620. The first kappa shape index (κ1) is 8.29. The van der Waals surface area contributed by atoms with E-state index < -0.39 is 6.29 Å². The highest BCUT2D eigenvalue weighted by Crippen LogP contribution is 2.42. The van der Waals surface area contributed by atoms with Gasteiger partial charge in [0.1, 0.15) is 0 Å². The van der Waals surface area contributed by atoms with E-state index >= 15 is 0 Å². The van der Waals surface area contributed by atoms with E-state index in [4.69, 9.17) is 0 Å². The molecule has 1 aliphatic rings. The maximum atomic E-state index is 12.6. The Kier molecular flexibility index (Phi) is 1.49. The Balaban J connectivity index is 2.48. The predicted octanol–water partition coefficient (Wildman–Crippen LogP) is 2.62. The fraction of sp³-hybridized carbons (Fsp3) is 0.333. The number of rotatable bonds is 0. The molecule has 1 aliphatic heterocycles. The van der Waals surface area contributed by atoms with Crippen molar-refractivity contribution in [1.82, 2.24) is 0 Å². The summed E-state index contributed by atoms with van der Waals surface area (Å²) in [5.74, 6) is 0.209. The minimum atomic E-state index is -3.51. The first-order valence-electron chi connectivity index (χ1n) is 3.85. The summed E-state index contributed by atoms with van der Waals surface area (Å²) in [7, 11) is 0. The van der Waals surface area contributed by atoms with E-state index in [-0.39, 0.29) is 11.5 Å². The molecule has 2 nitrogen and oxygen atoms in total. The zero-order chi connectivity index (χ0) is 9.64. The number of ether oxygens (including phenoxy) is 2. The fourth-order valence-electron chi connectivity index (χ4n) is 1.20. The van der Waals surface area contributed by atoms with Crippen LogP contribution >= 0.6 is 0 Å². The molecular formula is C9H8F2O2. The first-order chi connectivity index (χ1) is 5.98. The van der Waals surface area contributed by atoms with Crippen molar-refractivity contribution >= 4 is 0 Å². The van der Waals surface area contributed by atoms with Gasteiger partial charge in [-0.25, -0.2) is 0 Å². The molecule has 13 heavy (non-hydrogen) atoms. The molecule has 0 spiro atoms. The van der Waals surface area contributed by atoms with Crippen LogP contribution in [0, 0.1) is 13.8 Å². The van der Waals surface area contributed by atoms with E-state index in [9.17, 15) is 8.78 Å². The second-order valence-corrected chi connectivity index (χ2v) is 3.05. The summed E-state index contributed by atoms with van der Waals surface area (Å²) < 4.78 is 33.7. The highest BCUT2D eigenvalue weighted by atomic mass is 19.3. The topological polar surface area (TPSA) is 18.5 Å². The molecule has 2 rings (SSSR count). The van der Waals surface area contributed by atoms with Crippen LogP contribution in [0.5, 0.6) is 11.5 Å². The Hall–Kier alpha value is -1.32. The van der Waals surface area contributed by atoms with Gasteiger partial charge in [-0.3, -0.25) is 0 Å². The monoisotopic (exact) mass is 186 g/mol. The van der Waals surface area contributed by atoms with Gasteiger partial charge in [0, 0.05) is 0 Å². The lowest BCUT2D eigenvalue weighted by Gasteiger charge is -2.04. The molecule has 0 aromatic heterocycles. The third-order valence-electron chi connectivity index (χ3n) is 2.02. The maximum Gasteiger partial charge on any atom is 0.586 e. The van der Waals surface area contributed by atoms with Crippen LogP contribution in [0.3, 0.4) is 0 Å². The molecular weight excluding hydrogens is 178 g/mol. The minimum Gasteiger partial charge on any atom is -0.395 e. The lowest BCUT2D eigenvalue weighted by Crippen LogP contribution is -2.25. The summed E-state index contributed by atoms with van der Waals surface area (Å²) in [4.78, 5) is 0. The lowest BCUT2D eigenvalue weighted by atomic mass is 10.1. The molecule has 1 heterocycles. The molecule has 0 N–H and O–H groups in total. The number of hydrogen-bond donors (Lipinski definition) is 0. The molecule has 0 saturated heterocycles. The average Bonchev–Trinajstić information content (AvgIpc) is 2.24. The van der Waals surface area contributed by atoms with Gasteiger partial charge >= 0.3 is 6.29 Å². The Morgan fingerprint density at radius 2 is 1.38 bits per heavy atom. The number of halogens is 2. The van der Waals surface area contributed by atoms with Gasteiger partial charge in [0.15, 0.2) is 11.5 Å². The molecule has 0 amide bonds. The summed E-state index contributed by atoms with van der Waals surface area (Å²) in [6.07, 6.45) is -3.51. The van der Waals surface area contributed by atoms with Crippen LogP contribution in [0.25, 0.3) is 0 Å². The van der Waals surface area contributed by atoms with Gasteiger partial charge in [-0.05, 0) is 37.1 Å². The van der Waals surface area contributed by atoms with Crippen molar-refractivity contribution in [2.45, 2.75) is 20.1 Å². The molecule has 1 aromatic carbocycles. The van der Waals surface area contributed by atoms with E-state index in [1.807, 2.05) is 13.8 Å². The molecule has 0 saturated carbocycles. The predicted molar refractivity (Wildman–Crippen MR) is 42.1 cm³/mol. The van der Waals surface area contributed by atoms with Crippen molar-refractivity contribution in [2.75, 3.05) is 0 Å². The highest BCUT2D eigenvalue weighted by Gasteiger charge is 2.43. The number of alkyl halides is 2. The fourth-order valence-corrected chi connectivity index (χ4v) is 1.20. The van der Waals surface area contributed by atoms with Crippen LogP contribution in [-0.4, -0.2) is 6.29 Å². The molecule has 0 unspecified atom stereocenters. The van der Waals surface area contributed by atoms with Gasteiger partial charge < -0.3 is 9.47 Å². The standard InChI is InChI=1S/C9H8F2O2/c1-5-3-7-8(4-6(5)2)13-9(10,11)12-7/h3-4H,1-2H3.